The molecule has 3 rings (SSSR count). The molecule has 0 aromatic heterocycles. The molecular weight excluding hydrogens is 240 g/mol. The highest BCUT2D eigenvalue weighted by Crippen LogP contribution is 2.33. The molecule has 0 aliphatic carbocycles. The van der Waals surface area contributed by atoms with E-state index in [2.05, 4.69) is 42.1 Å². The van der Waals surface area contributed by atoms with E-state index in [1.165, 1.54) is 42.1 Å². The third kappa shape index (κ3) is 2.44. The summed E-state index contributed by atoms with van der Waals surface area (Å²) in [4.78, 5) is 6.45. The van der Waals surface area contributed by atoms with Crippen LogP contribution in [0.1, 0.15) is 23.6 Å². The van der Waals surface area contributed by atoms with Gasteiger partial charge in [-0.25, -0.2) is 0 Å². The molecule has 1 saturated heterocycles. The largest absolute Gasteiger partial charge is 0.303 e. The molecule has 1 aromatic rings. The van der Waals surface area contributed by atoms with E-state index in [0.717, 1.165) is 6.54 Å². The molecule has 0 bridgehead atoms. The van der Waals surface area contributed by atoms with Crippen LogP contribution in [0.15, 0.2) is 23.1 Å². The van der Waals surface area contributed by atoms with E-state index in [1.54, 1.807) is 5.56 Å². The number of fused-ring (bicyclic) bond motifs is 1. The molecule has 18 heavy (non-hydrogen) atoms. The van der Waals surface area contributed by atoms with E-state index >= 15 is 0 Å². The monoisotopic (exact) mass is 262 g/mol. The summed E-state index contributed by atoms with van der Waals surface area (Å²) in [5, 5.41) is 0. The van der Waals surface area contributed by atoms with Gasteiger partial charge >= 0.3 is 0 Å². The summed E-state index contributed by atoms with van der Waals surface area (Å²) >= 11 is 2.02. The molecule has 0 radical (unpaired) electrons. The number of rotatable bonds is 1. The number of benzene rings is 1. The SMILES string of the molecule is CN1CCN(C)C(c2ccc3c(c2)CCCS3)C1. The maximum Gasteiger partial charge on any atom is 0.0472 e. The van der Waals surface area contributed by atoms with Crippen LogP contribution in [0.5, 0.6) is 0 Å². The fourth-order valence-corrected chi connectivity index (χ4v) is 3.98. The zero-order valence-electron chi connectivity index (χ0n) is 11.4. The smallest absolute Gasteiger partial charge is 0.0472 e. The van der Waals surface area contributed by atoms with E-state index in [4.69, 9.17) is 0 Å². The van der Waals surface area contributed by atoms with Crippen molar-refractivity contribution in [2.75, 3.05) is 39.5 Å². The highest BCUT2D eigenvalue weighted by Gasteiger charge is 2.24. The van der Waals surface area contributed by atoms with Crippen LogP contribution in [0.25, 0.3) is 0 Å². The first-order valence-electron chi connectivity index (χ1n) is 6.88. The van der Waals surface area contributed by atoms with Gasteiger partial charge in [0.15, 0.2) is 0 Å². The summed E-state index contributed by atoms with van der Waals surface area (Å²) in [5.74, 6) is 1.29. The standard InChI is InChI=1S/C15H22N2S/c1-16-7-8-17(2)14(11-16)12-5-6-15-13(10-12)4-3-9-18-15/h5-6,10,14H,3-4,7-9,11H2,1-2H3. The van der Waals surface area contributed by atoms with Gasteiger partial charge in [0, 0.05) is 30.6 Å². The van der Waals surface area contributed by atoms with Gasteiger partial charge in [-0.3, -0.25) is 4.90 Å². The molecular formula is C15H22N2S. The number of hydrogen-bond acceptors (Lipinski definition) is 3. The minimum Gasteiger partial charge on any atom is -0.303 e. The van der Waals surface area contributed by atoms with Crippen molar-refractivity contribution in [3.63, 3.8) is 0 Å². The number of likely N-dealkylation sites (N-methyl/N-ethyl adjacent to an activating group) is 2. The second-order valence-electron chi connectivity index (χ2n) is 5.58. The number of nitrogens with zero attached hydrogens (tertiary/aromatic N) is 2. The topological polar surface area (TPSA) is 6.48 Å². The zero-order valence-corrected chi connectivity index (χ0v) is 12.2. The third-order valence-electron chi connectivity index (χ3n) is 4.17. The molecule has 0 amide bonds. The third-order valence-corrected chi connectivity index (χ3v) is 5.37. The molecule has 1 unspecified atom stereocenters. The Morgan fingerprint density at radius 3 is 3.00 bits per heavy atom. The second-order valence-corrected chi connectivity index (χ2v) is 6.71. The molecule has 1 fully saturated rings. The van der Waals surface area contributed by atoms with Crippen LogP contribution in [0, 0.1) is 0 Å². The number of aryl methyl sites for hydroxylation is 1. The first-order chi connectivity index (χ1) is 8.74. The quantitative estimate of drug-likeness (QED) is 0.768. The lowest BCUT2D eigenvalue weighted by Gasteiger charge is -2.38. The van der Waals surface area contributed by atoms with Crippen molar-refractivity contribution in [3.05, 3.63) is 29.3 Å². The van der Waals surface area contributed by atoms with Crippen molar-refractivity contribution in [3.8, 4) is 0 Å². The van der Waals surface area contributed by atoms with Crippen LogP contribution in [0.3, 0.4) is 0 Å². The van der Waals surface area contributed by atoms with Gasteiger partial charge in [0.1, 0.15) is 0 Å². The molecule has 1 aromatic carbocycles. The zero-order chi connectivity index (χ0) is 12.5. The van der Waals surface area contributed by atoms with Crippen LogP contribution >= 0.6 is 11.8 Å². The van der Waals surface area contributed by atoms with Crippen molar-refractivity contribution >= 4 is 11.8 Å². The predicted octanol–water partition coefficient (Wildman–Crippen LogP) is 2.64. The van der Waals surface area contributed by atoms with E-state index in [9.17, 15) is 0 Å². The lowest BCUT2D eigenvalue weighted by molar-refractivity contribution is 0.115. The summed E-state index contributed by atoms with van der Waals surface area (Å²) in [6, 6.07) is 7.72. The Labute approximate surface area is 114 Å². The van der Waals surface area contributed by atoms with Crippen molar-refractivity contribution in [2.45, 2.75) is 23.8 Å². The van der Waals surface area contributed by atoms with Gasteiger partial charge in [0.25, 0.3) is 0 Å². The minimum atomic E-state index is 0.570. The van der Waals surface area contributed by atoms with Crippen LogP contribution in [0.4, 0.5) is 0 Å². The Bertz CT molecular complexity index is 433. The van der Waals surface area contributed by atoms with Gasteiger partial charge in [-0.05, 0) is 49.9 Å². The van der Waals surface area contributed by atoms with Gasteiger partial charge < -0.3 is 4.90 Å². The lowest BCUT2D eigenvalue weighted by atomic mass is 9.99. The average molecular weight is 262 g/mol. The molecule has 2 heterocycles. The minimum absolute atomic E-state index is 0.570. The fourth-order valence-electron chi connectivity index (χ4n) is 2.96. The number of hydrogen-bond donors (Lipinski definition) is 0. The van der Waals surface area contributed by atoms with Crippen molar-refractivity contribution in [1.29, 1.82) is 0 Å². The summed E-state index contributed by atoms with van der Waals surface area (Å²) in [5.41, 5.74) is 3.08. The predicted molar refractivity (Wildman–Crippen MR) is 78.4 cm³/mol. The summed E-state index contributed by atoms with van der Waals surface area (Å²) in [7, 11) is 4.49. The van der Waals surface area contributed by atoms with Gasteiger partial charge in [-0.1, -0.05) is 12.1 Å². The van der Waals surface area contributed by atoms with E-state index in [0.29, 0.717) is 6.04 Å². The van der Waals surface area contributed by atoms with Gasteiger partial charge in [0.05, 0.1) is 0 Å². The van der Waals surface area contributed by atoms with E-state index < -0.39 is 0 Å². The Kier molecular flexibility index (Phi) is 3.64. The number of piperazine rings is 1. The Morgan fingerprint density at radius 1 is 1.22 bits per heavy atom. The molecule has 98 valence electrons. The Hall–Kier alpha value is -0.510. The maximum absolute atomic E-state index is 2.50. The Balaban J connectivity index is 1.86. The molecule has 3 heteroatoms. The van der Waals surface area contributed by atoms with Crippen LogP contribution in [0.2, 0.25) is 0 Å². The van der Waals surface area contributed by atoms with Crippen LogP contribution < -0.4 is 0 Å². The average Bonchev–Trinajstić information content (AvgIpc) is 2.41. The first kappa shape index (κ1) is 12.5. The molecule has 0 saturated carbocycles. The molecule has 2 aliphatic rings. The summed E-state index contributed by atoms with van der Waals surface area (Å²) in [6.45, 7) is 3.52. The molecule has 0 spiro atoms. The van der Waals surface area contributed by atoms with Crippen molar-refractivity contribution < 1.29 is 0 Å². The normalized spacial score (nSPS) is 26.0. The van der Waals surface area contributed by atoms with Crippen LogP contribution in [-0.4, -0.2) is 49.3 Å². The second kappa shape index (κ2) is 5.24. The first-order valence-corrected chi connectivity index (χ1v) is 7.87. The highest BCUT2D eigenvalue weighted by molar-refractivity contribution is 7.99. The summed E-state index contributed by atoms with van der Waals surface area (Å²) in [6.07, 6.45) is 2.60. The van der Waals surface area contributed by atoms with Gasteiger partial charge in [0.2, 0.25) is 0 Å². The molecule has 2 aliphatic heterocycles. The number of thioether (sulfide) groups is 1. The fraction of sp³-hybridized carbons (Fsp3) is 0.600. The Morgan fingerprint density at radius 2 is 2.11 bits per heavy atom. The van der Waals surface area contributed by atoms with E-state index in [-0.39, 0.29) is 0 Å². The van der Waals surface area contributed by atoms with Gasteiger partial charge in [-0.15, -0.1) is 11.8 Å². The van der Waals surface area contributed by atoms with Crippen molar-refractivity contribution in [1.82, 2.24) is 9.80 Å². The lowest BCUT2D eigenvalue weighted by Crippen LogP contribution is -2.44. The van der Waals surface area contributed by atoms with E-state index in [1.807, 2.05) is 11.8 Å². The highest BCUT2D eigenvalue weighted by atomic mass is 32.2. The summed E-state index contributed by atoms with van der Waals surface area (Å²) < 4.78 is 0. The van der Waals surface area contributed by atoms with Crippen molar-refractivity contribution in [2.24, 2.45) is 0 Å². The molecule has 1 atom stereocenters. The van der Waals surface area contributed by atoms with Crippen LogP contribution in [-0.2, 0) is 6.42 Å². The van der Waals surface area contributed by atoms with Gasteiger partial charge in [-0.2, -0.15) is 0 Å². The molecule has 2 nitrogen and oxygen atoms in total. The maximum atomic E-state index is 2.50. The molecule has 0 N–H and O–H groups in total.